The SMILES string of the molecule is Cc1nc(Nc2ccccc2C(F)(F)F)cc(C(=O)N2CCCCCC2)n1. The minimum Gasteiger partial charge on any atom is -0.340 e. The minimum atomic E-state index is -4.49. The maximum Gasteiger partial charge on any atom is 0.418 e. The fraction of sp³-hybridized carbons (Fsp3) is 0.421. The zero-order valence-corrected chi connectivity index (χ0v) is 15.0. The van der Waals surface area contributed by atoms with Crippen LogP contribution in [0, 0.1) is 6.92 Å². The molecule has 0 radical (unpaired) electrons. The van der Waals surface area contributed by atoms with E-state index in [1.807, 2.05) is 0 Å². The number of benzene rings is 1. The molecular formula is C19H21F3N4O. The largest absolute Gasteiger partial charge is 0.418 e. The first-order valence-electron chi connectivity index (χ1n) is 8.93. The van der Waals surface area contributed by atoms with E-state index in [0.29, 0.717) is 18.9 Å². The average Bonchev–Trinajstić information content (AvgIpc) is 2.89. The van der Waals surface area contributed by atoms with Crippen LogP contribution < -0.4 is 5.32 Å². The van der Waals surface area contributed by atoms with Crippen LogP contribution in [0.5, 0.6) is 0 Å². The highest BCUT2D eigenvalue weighted by molar-refractivity contribution is 5.93. The monoisotopic (exact) mass is 378 g/mol. The van der Waals surface area contributed by atoms with Gasteiger partial charge in [-0.2, -0.15) is 13.2 Å². The molecule has 1 amide bonds. The van der Waals surface area contributed by atoms with Crippen molar-refractivity contribution >= 4 is 17.4 Å². The van der Waals surface area contributed by atoms with Crippen LogP contribution in [0.15, 0.2) is 30.3 Å². The number of nitrogens with zero attached hydrogens (tertiary/aromatic N) is 3. The number of rotatable bonds is 3. The smallest absolute Gasteiger partial charge is 0.340 e. The number of carbonyl (C=O) groups excluding carboxylic acids is 1. The van der Waals surface area contributed by atoms with E-state index < -0.39 is 11.7 Å². The van der Waals surface area contributed by atoms with Crippen molar-refractivity contribution in [1.29, 1.82) is 0 Å². The van der Waals surface area contributed by atoms with Gasteiger partial charge in [-0.05, 0) is 31.9 Å². The van der Waals surface area contributed by atoms with E-state index in [0.717, 1.165) is 31.7 Å². The summed E-state index contributed by atoms with van der Waals surface area (Å²) in [5.41, 5.74) is -0.714. The van der Waals surface area contributed by atoms with Gasteiger partial charge in [0.05, 0.1) is 11.3 Å². The van der Waals surface area contributed by atoms with Gasteiger partial charge in [-0.1, -0.05) is 25.0 Å². The van der Waals surface area contributed by atoms with Crippen LogP contribution in [0.4, 0.5) is 24.7 Å². The normalized spacial score (nSPS) is 15.3. The van der Waals surface area contributed by atoms with Gasteiger partial charge in [-0.15, -0.1) is 0 Å². The number of anilines is 2. The quantitative estimate of drug-likeness (QED) is 0.850. The van der Waals surface area contributed by atoms with E-state index in [1.54, 1.807) is 11.8 Å². The van der Waals surface area contributed by atoms with E-state index in [2.05, 4.69) is 15.3 Å². The zero-order chi connectivity index (χ0) is 19.4. The lowest BCUT2D eigenvalue weighted by atomic mass is 10.1. The van der Waals surface area contributed by atoms with E-state index in [9.17, 15) is 18.0 Å². The summed E-state index contributed by atoms with van der Waals surface area (Å²) in [4.78, 5) is 22.8. The maximum atomic E-state index is 13.2. The van der Waals surface area contributed by atoms with Crippen molar-refractivity contribution in [3.8, 4) is 0 Å². The van der Waals surface area contributed by atoms with Crippen molar-refractivity contribution in [2.75, 3.05) is 18.4 Å². The molecule has 0 spiro atoms. The van der Waals surface area contributed by atoms with Crippen molar-refractivity contribution < 1.29 is 18.0 Å². The second kappa shape index (κ2) is 7.94. The second-order valence-electron chi connectivity index (χ2n) is 6.56. The van der Waals surface area contributed by atoms with Crippen molar-refractivity contribution in [2.24, 2.45) is 0 Å². The Morgan fingerprint density at radius 1 is 1.07 bits per heavy atom. The van der Waals surface area contributed by atoms with E-state index >= 15 is 0 Å². The topological polar surface area (TPSA) is 58.1 Å². The minimum absolute atomic E-state index is 0.115. The molecule has 1 fully saturated rings. The Morgan fingerprint density at radius 3 is 2.41 bits per heavy atom. The second-order valence-corrected chi connectivity index (χ2v) is 6.56. The van der Waals surface area contributed by atoms with Crippen LogP contribution in [0.2, 0.25) is 0 Å². The molecule has 0 saturated carbocycles. The van der Waals surface area contributed by atoms with Crippen molar-refractivity contribution in [1.82, 2.24) is 14.9 Å². The summed E-state index contributed by atoms with van der Waals surface area (Å²) in [6.45, 7) is 2.95. The lowest BCUT2D eigenvalue weighted by Gasteiger charge is -2.20. The van der Waals surface area contributed by atoms with E-state index in [-0.39, 0.29) is 23.1 Å². The van der Waals surface area contributed by atoms with Gasteiger partial charge in [0.15, 0.2) is 0 Å². The van der Waals surface area contributed by atoms with Crippen LogP contribution in [0.3, 0.4) is 0 Å². The number of hydrogen-bond acceptors (Lipinski definition) is 4. The summed E-state index contributed by atoms with van der Waals surface area (Å²) in [6, 6.07) is 6.58. The van der Waals surface area contributed by atoms with Gasteiger partial charge >= 0.3 is 6.18 Å². The molecule has 3 rings (SSSR count). The lowest BCUT2D eigenvalue weighted by molar-refractivity contribution is -0.136. The molecule has 1 aromatic heterocycles. The predicted molar refractivity (Wildman–Crippen MR) is 95.9 cm³/mol. The van der Waals surface area contributed by atoms with Crippen LogP contribution in [-0.2, 0) is 6.18 Å². The third-order valence-corrected chi connectivity index (χ3v) is 4.45. The highest BCUT2D eigenvalue weighted by atomic mass is 19.4. The molecule has 5 nitrogen and oxygen atoms in total. The van der Waals surface area contributed by atoms with Crippen LogP contribution >= 0.6 is 0 Å². The molecule has 1 aromatic carbocycles. The molecular weight excluding hydrogens is 357 g/mol. The molecule has 1 aliphatic rings. The third-order valence-electron chi connectivity index (χ3n) is 4.45. The van der Waals surface area contributed by atoms with Gasteiger partial charge in [0.1, 0.15) is 17.3 Å². The zero-order valence-electron chi connectivity index (χ0n) is 15.0. The predicted octanol–water partition coefficient (Wildman–Crippen LogP) is 4.56. The average molecular weight is 378 g/mol. The molecule has 0 unspecified atom stereocenters. The Hall–Kier alpha value is -2.64. The van der Waals surface area contributed by atoms with Gasteiger partial charge in [0.25, 0.3) is 5.91 Å². The number of halogens is 3. The summed E-state index contributed by atoms with van der Waals surface area (Å²) < 4.78 is 39.6. The standard InChI is InChI=1S/C19H21F3N4O/c1-13-23-16(18(27)26-10-6-2-3-7-11-26)12-17(24-13)25-15-9-5-4-8-14(15)19(20,21)22/h4-5,8-9,12H,2-3,6-7,10-11H2,1H3,(H,23,24,25). The van der Waals surface area contributed by atoms with Crippen molar-refractivity contribution in [3.63, 3.8) is 0 Å². The van der Waals surface area contributed by atoms with Gasteiger partial charge in [0, 0.05) is 19.2 Å². The first-order valence-corrected chi connectivity index (χ1v) is 8.93. The fourth-order valence-corrected chi connectivity index (χ4v) is 3.15. The number of amides is 1. The summed E-state index contributed by atoms with van der Waals surface area (Å²) in [6.07, 6.45) is -0.419. The molecule has 1 N–H and O–H groups in total. The summed E-state index contributed by atoms with van der Waals surface area (Å²) in [5.74, 6) is 0.273. The Morgan fingerprint density at radius 2 is 1.74 bits per heavy atom. The van der Waals surface area contributed by atoms with Crippen molar-refractivity contribution in [3.05, 3.63) is 47.4 Å². The van der Waals surface area contributed by atoms with Crippen LogP contribution in [-0.4, -0.2) is 33.9 Å². The van der Waals surface area contributed by atoms with Gasteiger partial charge in [0.2, 0.25) is 0 Å². The number of aryl methyl sites for hydroxylation is 1. The Kier molecular flexibility index (Phi) is 5.62. The molecule has 2 aromatic rings. The van der Waals surface area contributed by atoms with Gasteiger partial charge in [-0.25, -0.2) is 9.97 Å². The van der Waals surface area contributed by atoms with Gasteiger partial charge < -0.3 is 10.2 Å². The number of para-hydroxylation sites is 1. The molecule has 0 atom stereocenters. The highest BCUT2D eigenvalue weighted by Gasteiger charge is 2.33. The molecule has 27 heavy (non-hydrogen) atoms. The molecule has 1 aliphatic heterocycles. The Balaban J connectivity index is 1.87. The van der Waals surface area contributed by atoms with E-state index in [1.165, 1.54) is 24.3 Å². The van der Waals surface area contributed by atoms with Crippen molar-refractivity contribution in [2.45, 2.75) is 38.8 Å². The number of carbonyl (C=O) groups is 1. The third kappa shape index (κ3) is 4.75. The first-order chi connectivity index (χ1) is 12.8. The Labute approximate surface area is 155 Å². The number of hydrogen-bond donors (Lipinski definition) is 1. The van der Waals surface area contributed by atoms with Crippen LogP contribution in [0.25, 0.3) is 0 Å². The van der Waals surface area contributed by atoms with Gasteiger partial charge in [-0.3, -0.25) is 4.79 Å². The number of alkyl halides is 3. The summed E-state index contributed by atoms with van der Waals surface area (Å²) in [7, 11) is 0. The molecule has 0 aliphatic carbocycles. The lowest BCUT2D eigenvalue weighted by Crippen LogP contribution is -2.32. The summed E-state index contributed by atoms with van der Waals surface area (Å²) in [5, 5.41) is 2.69. The number of likely N-dealkylation sites (tertiary alicyclic amines) is 1. The molecule has 8 heteroatoms. The maximum absolute atomic E-state index is 13.2. The highest BCUT2D eigenvalue weighted by Crippen LogP contribution is 2.35. The number of aromatic nitrogens is 2. The fourth-order valence-electron chi connectivity index (χ4n) is 3.15. The molecule has 144 valence electrons. The number of nitrogens with one attached hydrogen (secondary N) is 1. The van der Waals surface area contributed by atoms with Crippen LogP contribution in [0.1, 0.15) is 47.6 Å². The summed E-state index contributed by atoms with van der Waals surface area (Å²) >= 11 is 0. The molecule has 1 saturated heterocycles. The first kappa shape index (κ1) is 19.1. The molecule has 0 bridgehead atoms. The molecule has 2 heterocycles. The Bertz CT molecular complexity index is 815. The van der Waals surface area contributed by atoms with E-state index in [4.69, 9.17) is 0 Å².